The highest BCUT2D eigenvalue weighted by molar-refractivity contribution is 5.93. The van der Waals surface area contributed by atoms with Crippen molar-refractivity contribution in [2.24, 2.45) is 7.05 Å². The largest absolute Gasteiger partial charge is 0.352 e. The highest BCUT2D eigenvalue weighted by Gasteiger charge is 2.11. The van der Waals surface area contributed by atoms with Crippen LogP contribution in [-0.4, -0.2) is 36.8 Å². The molecule has 0 aromatic carbocycles. The fourth-order valence-corrected chi connectivity index (χ4v) is 2.65. The van der Waals surface area contributed by atoms with Gasteiger partial charge in [0.15, 0.2) is 0 Å². The highest BCUT2D eigenvalue weighted by atomic mass is 16.1. The van der Waals surface area contributed by atoms with Crippen molar-refractivity contribution in [3.8, 4) is 5.82 Å². The van der Waals surface area contributed by atoms with E-state index in [1.54, 1.807) is 41.6 Å². The average molecular weight is 324 g/mol. The maximum Gasteiger partial charge on any atom is 0.252 e. The van der Waals surface area contributed by atoms with Gasteiger partial charge in [0, 0.05) is 37.9 Å². The highest BCUT2D eigenvalue weighted by Crippen LogP contribution is 2.12. The van der Waals surface area contributed by atoms with Crippen molar-refractivity contribution in [3.05, 3.63) is 59.6 Å². The van der Waals surface area contributed by atoms with Gasteiger partial charge in [-0.15, -0.1) is 0 Å². The summed E-state index contributed by atoms with van der Waals surface area (Å²) >= 11 is 0. The van der Waals surface area contributed by atoms with Crippen molar-refractivity contribution < 1.29 is 4.79 Å². The SMILES string of the molecule is Cc1nn(C)c(C)c1CCNC(=O)c1ccc(-n2ccnc2)nc1. The van der Waals surface area contributed by atoms with E-state index in [1.807, 2.05) is 25.6 Å². The van der Waals surface area contributed by atoms with E-state index in [0.717, 1.165) is 23.6 Å². The zero-order chi connectivity index (χ0) is 17.1. The van der Waals surface area contributed by atoms with Gasteiger partial charge >= 0.3 is 0 Å². The normalized spacial score (nSPS) is 10.8. The summed E-state index contributed by atoms with van der Waals surface area (Å²) in [5.74, 6) is 0.601. The van der Waals surface area contributed by atoms with Crippen LogP contribution in [0, 0.1) is 13.8 Å². The molecule has 0 aliphatic heterocycles. The lowest BCUT2D eigenvalue weighted by Crippen LogP contribution is -2.26. The van der Waals surface area contributed by atoms with Crippen molar-refractivity contribution in [1.29, 1.82) is 0 Å². The number of amides is 1. The van der Waals surface area contributed by atoms with E-state index in [4.69, 9.17) is 0 Å². The van der Waals surface area contributed by atoms with Crippen LogP contribution in [0.5, 0.6) is 0 Å². The molecule has 24 heavy (non-hydrogen) atoms. The first kappa shape index (κ1) is 15.9. The number of rotatable bonds is 5. The topological polar surface area (TPSA) is 77.6 Å². The zero-order valence-electron chi connectivity index (χ0n) is 14.0. The molecule has 0 fully saturated rings. The Labute approximate surface area is 140 Å². The minimum absolute atomic E-state index is 0.126. The first-order valence-corrected chi connectivity index (χ1v) is 7.78. The summed E-state index contributed by atoms with van der Waals surface area (Å²) in [5.41, 5.74) is 3.87. The van der Waals surface area contributed by atoms with Crippen LogP contribution in [0.3, 0.4) is 0 Å². The van der Waals surface area contributed by atoms with Gasteiger partial charge in [-0.1, -0.05) is 0 Å². The number of imidazole rings is 1. The molecule has 0 atom stereocenters. The molecule has 0 aliphatic rings. The van der Waals surface area contributed by atoms with Gasteiger partial charge < -0.3 is 5.32 Å². The number of nitrogens with one attached hydrogen (secondary N) is 1. The summed E-state index contributed by atoms with van der Waals surface area (Å²) in [5, 5.41) is 7.32. The first-order valence-electron chi connectivity index (χ1n) is 7.78. The van der Waals surface area contributed by atoms with Crippen molar-refractivity contribution in [2.75, 3.05) is 6.54 Å². The maximum atomic E-state index is 12.2. The van der Waals surface area contributed by atoms with Crippen LogP contribution in [0.4, 0.5) is 0 Å². The first-order chi connectivity index (χ1) is 11.6. The average Bonchev–Trinajstić information content (AvgIpc) is 3.19. The van der Waals surface area contributed by atoms with Crippen LogP contribution in [0.1, 0.15) is 27.3 Å². The van der Waals surface area contributed by atoms with E-state index in [9.17, 15) is 4.79 Å². The molecule has 3 aromatic rings. The van der Waals surface area contributed by atoms with E-state index in [1.165, 1.54) is 5.56 Å². The smallest absolute Gasteiger partial charge is 0.252 e. The van der Waals surface area contributed by atoms with Crippen LogP contribution in [0.25, 0.3) is 5.82 Å². The molecule has 0 saturated carbocycles. The van der Waals surface area contributed by atoms with Gasteiger partial charge in [0.25, 0.3) is 5.91 Å². The van der Waals surface area contributed by atoms with Gasteiger partial charge in [-0.3, -0.25) is 14.0 Å². The molecule has 0 radical (unpaired) electrons. The molecule has 0 aliphatic carbocycles. The Morgan fingerprint density at radius 2 is 2.12 bits per heavy atom. The Morgan fingerprint density at radius 1 is 1.29 bits per heavy atom. The molecule has 0 unspecified atom stereocenters. The lowest BCUT2D eigenvalue weighted by molar-refractivity contribution is 0.0953. The molecule has 7 nitrogen and oxygen atoms in total. The summed E-state index contributed by atoms with van der Waals surface area (Å²) in [6.07, 6.45) is 7.50. The number of carbonyl (C=O) groups excluding carboxylic acids is 1. The Hall–Kier alpha value is -2.96. The van der Waals surface area contributed by atoms with Crippen molar-refractivity contribution >= 4 is 5.91 Å². The number of hydrogen-bond acceptors (Lipinski definition) is 4. The van der Waals surface area contributed by atoms with Gasteiger partial charge in [0.1, 0.15) is 12.1 Å². The molecular weight excluding hydrogens is 304 g/mol. The van der Waals surface area contributed by atoms with E-state index in [0.29, 0.717) is 12.1 Å². The Morgan fingerprint density at radius 3 is 2.71 bits per heavy atom. The standard InChI is InChI=1S/C17H20N6O/c1-12-15(13(2)22(3)21-12)6-7-19-17(24)14-4-5-16(20-10-14)23-9-8-18-11-23/h4-5,8-11H,6-7H2,1-3H3,(H,19,24). The molecule has 1 N–H and O–H groups in total. The van der Waals surface area contributed by atoms with Crippen molar-refractivity contribution in [2.45, 2.75) is 20.3 Å². The summed E-state index contributed by atoms with van der Waals surface area (Å²) in [7, 11) is 1.93. The monoisotopic (exact) mass is 324 g/mol. The van der Waals surface area contributed by atoms with E-state index >= 15 is 0 Å². The van der Waals surface area contributed by atoms with Gasteiger partial charge in [0.2, 0.25) is 0 Å². The molecule has 3 aromatic heterocycles. The number of aryl methyl sites for hydroxylation is 2. The van der Waals surface area contributed by atoms with Crippen LogP contribution < -0.4 is 5.32 Å². The summed E-state index contributed by atoms with van der Waals surface area (Å²) in [4.78, 5) is 20.5. The van der Waals surface area contributed by atoms with Gasteiger partial charge in [0.05, 0.1) is 11.3 Å². The fourth-order valence-electron chi connectivity index (χ4n) is 2.65. The minimum atomic E-state index is -0.126. The second kappa shape index (κ2) is 6.66. The molecule has 1 amide bonds. The number of pyridine rings is 1. The molecule has 3 heterocycles. The lowest BCUT2D eigenvalue weighted by atomic mass is 10.1. The molecule has 0 spiro atoms. The van der Waals surface area contributed by atoms with Gasteiger partial charge in [-0.05, 0) is 38.0 Å². The Kier molecular flexibility index (Phi) is 4.41. The predicted octanol–water partition coefficient (Wildman–Crippen LogP) is 1.59. The number of hydrogen-bond donors (Lipinski definition) is 1. The minimum Gasteiger partial charge on any atom is -0.352 e. The Bertz CT molecular complexity index is 833. The Balaban J connectivity index is 1.59. The molecular formula is C17H20N6O. The molecule has 3 rings (SSSR count). The van der Waals surface area contributed by atoms with Crippen molar-refractivity contribution in [1.82, 2.24) is 29.6 Å². The molecule has 0 bridgehead atoms. The van der Waals surface area contributed by atoms with Gasteiger partial charge in [-0.25, -0.2) is 9.97 Å². The summed E-state index contributed by atoms with van der Waals surface area (Å²) in [6.45, 7) is 4.59. The van der Waals surface area contributed by atoms with E-state index in [2.05, 4.69) is 20.4 Å². The second-order valence-electron chi connectivity index (χ2n) is 5.65. The van der Waals surface area contributed by atoms with Gasteiger partial charge in [-0.2, -0.15) is 5.10 Å². The summed E-state index contributed by atoms with van der Waals surface area (Å²) < 4.78 is 3.65. The van der Waals surface area contributed by atoms with E-state index in [-0.39, 0.29) is 5.91 Å². The maximum absolute atomic E-state index is 12.2. The molecule has 124 valence electrons. The summed E-state index contributed by atoms with van der Waals surface area (Å²) in [6, 6.07) is 3.56. The number of aromatic nitrogens is 5. The predicted molar refractivity (Wildman–Crippen MR) is 90.1 cm³/mol. The van der Waals surface area contributed by atoms with Crippen LogP contribution in [-0.2, 0) is 13.5 Å². The lowest BCUT2D eigenvalue weighted by Gasteiger charge is -2.07. The number of nitrogens with zero attached hydrogens (tertiary/aromatic N) is 5. The van der Waals surface area contributed by atoms with Crippen LogP contribution in [0.2, 0.25) is 0 Å². The third-order valence-electron chi connectivity index (χ3n) is 4.10. The molecule has 0 saturated heterocycles. The van der Waals surface area contributed by atoms with E-state index < -0.39 is 0 Å². The third-order valence-corrected chi connectivity index (χ3v) is 4.10. The second-order valence-corrected chi connectivity index (χ2v) is 5.65. The van der Waals surface area contributed by atoms with Crippen LogP contribution in [0.15, 0.2) is 37.1 Å². The van der Waals surface area contributed by atoms with Crippen molar-refractivity contribution in [3.63, 3.8) is 0 Å². The third kappa shape index (κ3) is 3.19. The molecule has 7 heteroatoms. The quantitative estimate of drug-likeness (QED) is 0.773. The number of carbonyl (C=O) groups is 1. The zero-order valence-corrected chi connectivity index (χ0v) is 14.0. The van der Waals surface area contributed by atoms with Crippen LogP contribution >= 0.6 is 0 Å². The fraction of sp³-hybridized carbons (Fsp3) is 0.294.